The highest BCUT2D eigenvalue weighted by Crippen LogP contribution is 2.25. The average Bonchev–Trinajstić information content (AvgIpc) is 2.85. The van der Waals surface area contributed by atoms with E-state index >= 15 is 0 Å². The van der Waals surface area contributed by atoms with Gasteiger partial charge in [-0.1, -0.05) is 19.1 Å². The lowest BCUT2D eigenvalue weighted by molar-refractivity contribution is 0.110. The maximum Gasteiger partial charge on any atom is 0.191 e. The Morgan fingerprint density at radius 2 is 2.12 bits per heavy atom. The molecule has 6 nitrogen and oxygen atoms in total. The minimum atomic E-state index is -0.0437. The molecule has 1 heterocycles. The van der Waals surface area contributed by atoms with Gasteiger partial charge in [0.15, 0.2) is 5.82 Å². The van der Waals surface area contributed by atoms with E-state index in [4.69, 9.17) is 0 Å². The number of rotatable bonds is 7. The first-order valence-corrected chi connectivity index (χ1v) is 5.75. The van der Waals surface area contributed by atoms with Gasteiger partial charge >= 0.3 is 0 Å². The minimum Gasteiger partial charge on any atom is -0.396 e. The zero-order valence-electron chi connectivity index (χ0n) is 10.2. The van der Waals surface area contributed by atoms with E-state index in [0.717, 1.165) is 19.4 Å². The van der Waals surface area contributed by atoms with Crippen molar-refractivity contribution in [2.24, 2.45) is 5.41 Å². The molecule has 0 aliphatic heterocycles. The highest BCUT2D eigenvalue weighted by atomic mass is 16.3. The number of H-pyrrole nitrogens is 1. The van der Waals surface area contributed by atoms with Crippen molar-refractivity contribution in [3.63, 3.8) is 0 Å². The number of aliphatic hydroxyl groups excluding tert-OH is 1. The van der Waals surface area contributed by atoms with Gasteiger partial charge in [-0.3, -0.25) is 0 Å². The van der Waals surface area contributed by atoms with Crippen LogP contribution in [0.2, 0.25) is 0 Å². The van der Waals surface area contributed by atoms with Crippen molar-refractivity contribution < 1.29 is 5.11 Å². The molecule has 0 bridgehead atoms. The summed E-state index contributed by atoms with van der Waals surface area (Å²) >= 11 is 0. The number of hydrogen-bond donors (Lipinski definition) is 3. The van der Waals surface area contributed by atoms with Crippen LogP contribution in [-0.4, -0.2) is 38.9 Å². The van der Waals surface area contributed by atoms with Gasteiger partial charge in [-0.15, -0.1) is 10.2 Å². The summed E-state index contributed by atoms with van der Waals surface area (Å²) in [6.45, 7) is 7.14. The second-order valence-corrected chi connectivity index (χ2v) is 4.24. The molecule has 1 aromatic heterocycles. The molecule has 16 heavy (non-hydrogen) atoms. The van der Waals surface area contributed by atoms with E-state index in [1.54, 1.807) is 0 Å². The lowest BCUT2D eigenvalue weighted by Gasteiger charge is -2.30. The first kappa shape index (κ1) is 13.1. The fourth-order valence-electron chi connectivity index (χ4n) is 1.59. The quantitative estimate of drug-likeness (QED) is 0.636. The van der Waals surface area contributed by atoms with Crippen LogP contribution >= 0.6 is 0 Å². The van der Waals surface area contributed by atoms with Crippen LogP contribution in [-0.2, 0) is 0 Å². The van der Waals surface area contributed by atoms with E-state index in [1.807, 2.05) is 6.92 Å². The normalized spacial score (nSPS) is 14.0. The SMILES string of the molecule is CCC(CC)(CO)CNC(C)c1nn[nH]n1. The fourth-order valence-corrected chi connectivity index (χ4v) is 1.59. The molecule has 0 radical (unpaired) electrons. The Labute approximate surface area is 95.8 Å². The van der Waals surface area contributed by atoms with E-state index in [9.17, 15) is 5.11 Å². The first-order chi connectivity index (χ1) is 7.67. The number of tetrazole rings is 1. The summed E-state index contributed by atoms with van der Waals surface area (Å²) < 4.78 is 0. The Hall–Kier alpha value is -1.01. The molecule has 1 unspecified atom stereocenters. The molecule has 1 rings (SSSR count). The van der Waals surface area contributed by atoms with Gasteiger partial charge in [0.25, 0.3) is 0 Å². The van der Waals surface area contributed by atoms with Crippen LogP contribution < -0.4 is 5.32 Å². The molecule has 3 N–H and O–H groups in total. The number of aromatic nitrogens is 4. The largest absolute Gasteiger partial charge is 0.396 e. The van der Waals surface area contributed by atoms with E-state index in [-0.39, 0.29) is 18.1 Å². The molecule has 0 aromatic carbocycles. The lowest BCUT2D eigenvalue weighted by Crippen LogP contribution is -2.37. The topological polar surface area (TPSA) is 86.7 Å². The predicted octanol–water partition coefficient (Wildman–Crippen LogP) is 0.649. The van der Waals surface area contributed by atoms with Crippen LogP contribution in [0.1, 0.15) is 45.5 Å². The van der Waals surface area contributed by atoms with E-state index in [1.165, 1.54) is 0 Å². The molecule has 1 atom stereocenters. The summed E-state index contributed by atoms with van der Waals surface area (Å²) in [6.07, 6.45) is 1.90. The summed E-state index contributed by atoms with van der Waals surface area (Å²) in [4.78, 5) is 0. The van der Waals surface area contributed by atoms with Gasteiger partial charge in [-0.05, 0) is 19.8 Å². The molecule has 0 amide bonds. The van der Waals surface area contributed by atoms with Crippen LogP contribution in [0.5, 0.6) is 0 Å². The number of nitrogens with zero attached hydrogens (tertiary/aromatic N) is 3. The Bertz CT molecular complexity index is 275. The lowest BCUT2D eigenvalue weighted by atomic mass is 9.83. The standard InChI is InChI=1S/C10H21N5O/c1-4-10(5-2,7-16)6-11-8(3)9-12-14-15-13-9/h8,11,16H,4-7H2,1-3H3,(H,12,13,14,15). The van der Waals surface area contributed by atoms with E-state index in [0.29, 0.717) is 5.82 Å². The van der Waals surface area contributed by atoms with Crippen LogP contribution in [0.15, 0.2) is 0 Å². The molecule has 0 aliphatic carbocycles. The molecule has 0 spiro atoms. The fraction of sp³-hybridized carbons (Fsp3) is 0.900. The Morgan fingerprint density at radius 3 is 2.56 bits per heavy atom. The third-order valence-corrected chi connectivity index (χ3v) is 3.37. The minimum absolute atomic E-state index is 0.0437. The Kier molecular flexibility index (Phi) is 4.82. The summed E-state index contributed by atoms with van der Waals surface area (Å²) in [5.74, 6) is 0.652. The monoisotopic (exact) mass is 227 g/mol. The second-order valence-electron chi connectivity index (χ2n) is 4.24. The highest BCUT2D eigenvalue weighted by molar-refractivity contribution is 4.88. The summed E-state index contributed by atoms with van der Waals surface area (Å²) in [5.41, 5.74) is -0.0437. The molecular formula is C10H21N5O. The van der Waals surface area contributed by atoms with Gasteiger partial charge in [0.2, 0.25) is 0 Å². The molecular weight excluding hydrogens is 206 g/mol. The first-order valence-electron chi connectivity index (χ1n) is 5.75. The van der Waals surface area contributed by atoms with Gasteiger partial charge < -0.3 is 10.4 Å². The Morgan fingerprint density at radius 1 is 1.44 bits per heavy atom. The summed E-state index contributed by atoms with van der Waals surface area (Å²) in [7, 11) is 0. The van der Waals surface area contributed by atoms with Gasteiger partial charge in [0.05, 0.1) is 6.04 Å². The van der Waals surface area contributed by atoms with E-state index < -0.39 is 0 Å². The number of aliphatic hydroxyl groups is 1. The van der Waals surface area contributed by atoms with Crippen LogP contribution in [0, 0.1) is 5.41 Å². The van der Waals surface area contributed by atoms with Crippen molar-refractivity contribution in [1.82, 2.24) is 25.9 Å². The molecule has 0 aliphatic rings. The molecule has 0 fully saturated rings. The zero-order valence-corrected chi connectivity index (χ0v) is 10.2. The van der Waals surface area contributed by atoms with Crippen LogP contribution in [0.3, 0.4) is 0 Å². The number of aromatic amines is 1. The van der Waals surface area contributed by atoms with Gasteiger partial charge in [0.1, 0.15) is 0 Å². The molecule has 1 aromatic rings. The third-order valence-electron chi connectivity index (χ3n) is 3.37. The molecule has 6 heteroatoms. The maximum atomic E-state index is 9.43. The second kappa shape index (κ2) is 5.91. The van der Waals surface area contributed by atoms with Crippen molar-refractivity contribution in [3.8, 4) is 0 Å². The Balaban J connectivity index is 2.49. The van der Waals surface area contributed by atoms with Crippen LogP contribution in [0.4, 0.5) is 0 Å². The zero-order chi connectivity index (χ0) is 12.0. The smallest absolute Gasteiger partial charge is 0.191 e. The maximum absolute atomic E-state index is 9.43. The van der Waals surface area contributed by atoms with Gasteiger partial charge in [-0.2, -0.15) is 5.21 Å². The van der Waals surface area contributed by atoms with Crippen molar-refractivity contribution in [1.29, 1.82) is 0 Å². The molecule has 92 valence electrons. The van der Waals surface area contributed by atoms with Crippen molar-refractivity contribution in [2.45, 2.75) is 39.7 Å². The average molecular weight is 227 g/mol. The number of hydrogen-bond acceptors (Lipinski definition) is 5. The van der Waals surface area contributed by atoms with Gasteiger partial charge in [0, 0.05) is 18.6 Å². The number of nitrogens with one attached hydrogen (secondary N) is 2. The molecule has 0 saturated heterocycles. The third kappa shape index (κ3) is 2.99. The highest BCUT2D eigenvalue weighted by Gasteiger charge is 2.26. The summed E-state index contributed by atoms with van der Waals surface area (Å²) in [6, 6.07) is 0.0442. The van der Waals surface area contributed by atoms with E-state index in [2.05, 4.69) is 39.8 Å². The van der Waals surface area contributed by atoms with Gasteiger partial charge in [-0.25, -0.2) is 0 Å². The molecule has 0 saturated carbocycles. The van der Waals surface area contributed by atoms with Crippen molar-refractivity contribution >= 4 is 0 Å². The van der Waals surface area contributed by atoms with Crippen molar-refractivity contribution in [2.75, 3.05) is 13.2 Å². The van der Waals surface area contributed by atoms with Crippen molar-refractivity contribution in [3.05, 3.63) is 5.82 Å². The summed E-state index contributed by atoms with van der Waals surface area (Å²) in [5, 5.41) is 26.6. The predicted molar refractivity (Wildman–Crippen MR) is 60.7 cm³/mol. The van der Waals surface area contributed by atoms with Crippen LogP contribution in [0.25, 0.3) is 0 Å².